The van der Waals surface area contributed by atoms with E-state index in [0.717, 1.165) is 29.8 Å². The summed E-state index contributed by atoms with van der Waals surface area (Å²) in [5.41, 5.74) is 3.73. The molecule has 0 saturated heterocycles. The number of thiazole rings is 1. The summed E-state index contributed by atoms with van der Waals surface area (Å²) >= 11 is 1.56. The molecular formula is C24H21N3O2S. The monoisotopic (exact) mass is 415 g/mol. The molecule has 0 aliphatic heterocycles. The Kier molecular flexibility index (Phi) is 5.15. The van der Waals surface area contributed by atoms with E-state index in [2.05, 4.69) is 34.2 Å². The molecule has 4 aromatic rings. The van der Waals surface area contributed by atoms with E-state index in [1.54, 1.807) is 17.5 Å². The Hall–Kier alpha value is -3.25. The number of fused-ring (bicyclic) bond motifs is 1. The summed E-state index contributed by atoms with van der Waals surface area (Å²) in [6, 6.07) is 18.1. The fourth-order valence-corrected chi connectivity index (χ4v) is 4.80. The largest absolute Gasteiger partial charge is 0.443 e. The van der Waals surface area contributed by atoms with Crippen molar-refractivity contribution in [2.45, 2.75) is 31.8 Å². The van der Waals surface area contributed by atoms with Crippen molar-refractivity contribution in [1.82, 2.24) is 14.9 Å². The molecule has 0 bridgehead atoms. The average molecular weight is 416 g/mol. The molecule has 5 rings (SSSR count). The zero-order valence-electron chi connectivity index (χ0n) is 16.4. The van der Waals surface area contributed by atoms with Gasteiger partial charge in [0.15, 0.2) is 17.8 Å². The molecule has 0 saturated carbocycles. The molecular weight excluding hydrogens is 394 g/mol. The molecule has 1 amide bonds. The van der Waals surface area contributed by atoms with E-state index in [4.69, 9.17) is 4.42 Å². The van der Waals surface area contributed by atoms with Gasteiger partial charge in [-0.3, -0.25) is 4.79 Å². The number of carbonyl (C=O) groups is 1. The van der Waals surface area contributed by atoms with Gasteiger partial charge in [0.05, 0.1) is 12.6 Å². The Morgan fingerprint density at radius 1 is 1.10 bits per heavy atom. The molecule has 0 unspecified atom stereocenters. The third-order valence-corrected chi connectivity index (χ3v) is 6.33. The maximum Gasteiger partial charge on any atom is 0.277 e. The lowest BCUT2D eigenvalue weighted by molar-refractivity contribution is 0.0633. The van der Waals surface area contributed by atoms with Crippen LogP contribution in [0.2, 0.25) is 0 Å². The molecule has 2 aromatic carbocycles. The average Bonchev–Trinajstić information content (AvgIpc) is 3.49. The molecule has 0 radical (unpaired) electrons. The molecule has 1 atom stereocenters. The van der Waals surface area contributed by atoms with Gasteiger partial charge in [0, 0.05) is 17.1 Å². The van der Waals surface area contributed by atoms with E-state index in [9.17, 15) is 4.79 Å². The third-order valence-electron chi connectivity index (χ3n) is 5.57. The fourth-order valence-electron chi connectivity index (χ4n) is 4.18. The van der Waals surface area contributed by atoms with Crippen LogP contribution in [0.3, 0.4) is 0 Å². The van der Waals surface area contributed by atoms with Crippen molar-refractivity contribution in [2.75, 3.05) is 0 Å². The van der Waals surface area contributed by atoms with Gasteiger partial charge in [-0.25, -0.2) is 9.97 Å². The van der Waals surface area contributed by atoms with Crippen LogP contribution in [0, 0.1) is 0 Å². The van der Waals surface area contributed by atoms with E-state index >= 15 is 0 Å². The molecule has 2 aromatic heterocycles. The third kappa shape index (κ3) is 3.55. The minimum atomic E-state index is -0.125. The summed E-state index contributed by atoms with van der Waals surface area (Å²) in [4.78, 5) is 24.5. The summed E-state index contributed by atoms with van der Waals surface area (Å²) in [5, 5.41) is 2.86. The van der Waals surface area contributed by atoms with Gasteiger partial charge < -0.3 is 9.32 Å². The summed E-state index contributed by atoms with van der Waals surface area (Å²) in [6.07, 6.45) is 6.15. The highest BCUT2D eigenvalue weighted by atomic mass is 32.1. The molecule has 5 nitrogen and oxygen atoms in total. The summed E-state index contributed by atoms with van der Waals surface area (Å²) in [6.45, 7) is 0.455. The number of benzene rings is 2. The lowest BCUT2D eigenvalue weighted by atomic mass is 9.86. The van der Waals surface area contributed by atoms with Crippen LogP contribution in [-0.4, -0.2) is 20.8 Å². The Morgan fingerprint density at radius 3 is 2.77 bits per heavy atom. The minimum Gasteiger partial charge on any atom is -0.443 e. The van der Waals surface area contributed by atoms with Crippen molar-refractivity contribution in [3.63, 3.8) is 0 Å². The number of carbonyl (C=O) groups excluding carboxylic acids is 1. The van der Waals surface area contributed by atoms with Crippen LogP contribution < -0.4 is 0 Å². The summed E-state index contributed by atoms with van der Waals surface area (Å²) < 4.78 is 5.64. The van der Waals surface area contributed by atoms with Crippen LogP contribution in [0.5, 0.6) is 0 Å². The van der Waals surface area contributed by atoms with Crippen molar-refractivity contribution in [3.05, 3.63) is 94.4 Å². The van der Waals surface area contributed by atoms with Crippen LogP contribution in [-0.2, 0) is 13.0 Å². The molecule has 1 aliphatic carbocycles. The predicted octanol–water partition coefficient (Wildman–Crippen LogP) is 5.52. The van der Waals surface area contributed by atoms with Gasteiger partial charge in [0.2, 0.25) is 0 Å². The summed E-state index contributed by atoms with van der Waals surface area (Å²) in [5.74, 6) is 0.383. The topological polar surface area (TPSA) is 59.2 Å². The van der Waals surface area contributed by atoms with Gasteiger partial charge in [0.25, 0.3) is 5.91 Å². The molecule has 0 spiro atoms. The number of aromatic nitrogens is 2. The lowest BCUT2D eigenvalue weighted by Gasteiger charge is -2.35. The highest BCUT2D eigenvalue weighted by Crippen LogP contribution is 2.37. The van der Waals surface area contributed by atoms with Crippen LogP contribution in [0.25, 0.3) is 11.3 Å². The highest BCUT2D eigenvalue weighted by Gasteiger charge is 2.33. The van der Waals surface area contributed by atoms with Crippen molar-refractivity contribution in [3.8, 4) is 11.3 Å². The molecule has 2 heterocycles. The number of rotatable bonds is 5. The maximum atomic E-state index is 13.8. The van der Waals surface area contributed by atoms with Gasteiger partial charge in [0.1, 0.15) is 5.01 Å². The van der Waals surface area contributed by atoms with Crippen LogP contribution in [0.1, 0.15) is 45.5 Å². The first-order valence-corrected chi connectivity index (χ1v) is 11.0. The van der Waals surface area contributed by atoms with Gasteiger partial charge in [-0.15, -0.1) is 11.3 Å². The number of amides is 1. The first kappa shape index (κ1) is 18.8. The Labute approximate surface area is 179 Å². The molecule has 0 N–H and O–H groups in total. The number of hydrogen-bond acceptors (Lipinski definition) is 5. The molecule has 6 heteroatoms. The van der Waals surface area contributed by atoms with E-state index in [1.165, 1.54) is 17.5 Å². The molecule has 1 aliphatic rings. The zero-order chi connectivity index (χ0) is 20.3. The standard InChI is InChI=1S/C24H21N3O2S/c28-24(22-23(29-16-26-22)18-8-2-1-3-9-18)27(15-21-25-13-14-30-21)20-12-6-10-17-7-4-5-11-19(17)20/h1-5,7-9,11,13-14,16,20H,6,10,12,15H2/t20-/m0/s1. The number of nitrogens with zero attached hydrogens (tertiary/aromatic N) is 3. The second kappa shape index (κ2) is 8.24. The fraction of sp³-hybridized carbons (Fsp3) is 0.208. The van der Waals surface area contributed by atoms with E-state index in [1.807, 2.05) is 40.6 Å². The highest BCUT2D eigenvalue weighted by molar-refractivity contribution is 7.09. The number of oxazole rings is 1. The quantitative estimate of drug-likeness (QED) is 0.431. The number of aryl methyl sites for hydroxylation is 1. The van der Waals surface area contributed by atoms with Crippen LogP contribution in [0.15, 0.2) is 77.0 Å². The van der Waals surface area contributed by atoms with Gasteiger partial charge >= 0.3 is 0 Å². The second-order valence-electron chi connectivity index (χ2n) is 7.36. The summed E-state index contributed by atoms with van der Waals surface area (Å²) in [7, 11) is 0. The first-order chi connectivity index (χ1) is 14.8. The van der Waals surface area contributed by atoms with Crippen molar-refractivity contribution in [2.24, 2.45) is 0 Å². The van der Waals surface area contributed by atoms with Gasteiger partial charge in [-0.05, 0) is 30.4 Å². The van der Waals surface area contributed by atoms with Crippen molar-refractivity contribution < 1.29 is 9.21 Å². The maximum absolute atomic E-state index is 13.8. The molecule has 150 valence electrons. The Bertz CT molecular complexity index is 1140. The number of hydrogen-bond donors (Lipinski definition) is 0. The SMILES string of the molecule is O=C(c1ncoc1-c1ccccc1)N(Cc1nccs1)[C@H]1CCCc2ccccc21. The Morgan fingerprint density at radius 2 is 1.93 bits per heavy atom. The van der Waals surface area contributed by atoms with Gasteiger partial charge in [-0.1, -0.05) is 54.6 Å². The van der Waals surface area contributed by atoms with E-state index in [-0.39, 0.29) is 11.9 Å². The van der Waals surface area contributed by atoms with Crippen molar-refractivity contribution >= 4 is 17.2 Å². The smallest absolute Gasteiger partial charge is 0.277 e. The van der Waals surface area contributed by atoms with Crippen molar-refractivity contribution in [1.29, 1.82) is 0 Å². The second-order valence-corrected chi connectivity index (χ2v) is 8.34. The van der Waals surface area contributed by atoms with Crippen LogP contribution >= 0.6 is 11.3 Å². The normalized spacial score (nSPS) is 15.5. The zero-order valence-corrected chi connectivity index (χ0v) is 17.2. The first-order valence-electron chi connectivity index (χ1n) is 10.1. The molecule has 30 heavy (non-hydrogen) atoms. The minimum absolute atomic E-state index is 0.00771. The van der Waals surface area contributed by atoms with Gasteiger partial charge in [-0.2, -0.15) is 0 Å². The van der Waals surface area contributed by atoms with Crippen LogP contribution in [0.4, 0.5) is 0 Å². The molecule has 0 fully saturated rings. The predicted molar refractivity (Wildman–Crippen MR) is 116 cm³/mol. The van der Waals surface area contributed by atoms with E-state index < -0.39 is 0 Å². The Balaban J connectivity index is 1.56. The van der Waals surface area contributed by atoms with E-state index in [0.29, 0.717) is 18.0 Å². The lowest BCUT2D eigenvalue weighted by Crippen LogP contribution is -2.36.